The highest BCUT2D eigenvalue weighted by atomic mass is 16.7. The second-order valence-electron chi connectivity index (χ2n) is 7.86. The van der Waals surface area contributed by atoms with Crippen LogP contribution < -0.4 is 20.1 Å². The molecule has 2 N–H and O–H groups in total. The number of amides is 2. The minimum atomic E-state index is -0.296. The van der Waals surface area contributed by atoms with Gasteiger partial charge < -0.3 is 24.5 Å². The van der Waals surface area contributed by atoms with Crippen LogP contribution in [0.2, 0.25) is 0 Å². The molecule has 2 aromatic carbocycles. The Balaban J connectivity index is 1.49. The molecule has 0 fully saturated rings. The van der Waals surface area contributed by atoms with Gasteiger partial charge in [-0.15, -0.1) is 0 Å². The van der Waals surface area contributed by atoms with Gasteiger partial charge in [0.25, 0.3) is 5.91 Å². The quantitative estimate of drug-likeness (QED) is 0.469. The Labute approximate surface area is 196 Å². The summed E-state index contributed by atoms with van der Waals surface area (Å²) in [6, 6.07) is 14.0. The van der Waals surface area contributed by atoms with Crippen LogP contribution in [0, 0.1) is 0 Å². The van der Waals surface area contributed by atoms with Crippen LogP contribution in [0.25, 0.3) is 0 Å². The van der Waals surface area contributed by atoms with Crippen molar-refractivity contribution in [2.75, 3.05) is 25.7 Å². The van der Waals surface area contributed by atoms with Gasteiger partial charge in [0.2, 0.25) is 12.7 Å². The second-order valence-corrected chi connectivity index (χ2v) is 7.86. The Hall–Kier alpha value is -4.11. The van der Waals surface area contributed by atoms with Gasteiger partial charge in [0.05, 0.1) is 25.0 Å². The molecular weight excluding hydrogens is 438 g/mol. The lowest BCUT2D eigenvalue weighted by atomic mass is 10.1. The van der Waals surface area contributed by atoms with Gasteiger partial charge in [-0.25, -0.2) is 0 Å². The van der Waals surface area contributed by atoms with Crippen LogP contribution in [0.4, 0.5) is 5.69 Å². The minimum absolute atomic E-state index is 0.0453. The number of benzene rings is 2. The summed E-state index contributed by atoms with van der Waals surface area (Å²) in [6.07, 6.45) is 1.58. The van der Waals surface area contributed by atoms with Crippen molar-refractivity contribution in [3.8, 4) is 11.5 Å². The molecule has 1 aliphatic heterocycles. The Morgan fingerprint density at radius 1 is 1.00 bits per heavy atom. The van der Waals surface area contributed by atoms with Gasteiger partial charge in [0.1, 0.15) is 5.76 Å². The van der Waals surface area contributed by atoms with Crippen LogP contribution in [0.3, 0.4) is 0 Å². The van der Waals surface area contributed by atoms with Gasteiger partial charge in [0.15, 0.2) is 17.3 Å². The van der Waals surface area contributed by atoms with E-state index in [-0.39, 0.29) is 30.9 Å². The van der Waals surface area contributed by atoms with Gasteiger partial charge in [-0.1, -0.05) is 12.1 Å². The standard InChI is InChI=1S/C25H25N3O6/c1-16(29)20-10-22-23(34-15-33-22)11-21(20)27-24(30)14-28(13-19-4-3-9-32-19)12-17-5-7-18(8-6-17)25(31)26-2/h3-11H,12-15H2,1-2H3,(H,26,31)(H,27,30). The molecule has 4 rings (SSSR count). The van der Waals surface area contributed by atoms with E-state index in [4.69, 9.17) is 13.9 Å². The molecule has 1 aliphatic rings. The summed E-state index contributed by atoms with van der Waals surface area (Å²) in [4.78, 5) is 38.8. The summed E-state index contributed by atoms with van der Waals surface area (Å²) in [7, 11) is 1.58. The third-order valence-electron chi connectivity index (χ3n) is 5.34. The predicted molar refractivity (Wildman–Crippen MR) is 124 cm³/mol. The largest absolute Gasteiger partial charge is 0.468 e. The summed E-state index contributed by atoms with van der Waals surface area (Å²) < 4.78 is 16.2. The maximum atomic E-state index is 13.0. The average molecular weight is 463 g/mol. The van der Waals surface area contributed by atoms with Gasteiger partial charge >= 0.3 is 0 Å². The molecule has 9 nitrogen and oxygen atoms in total. The molecule has 0 saturated heterocycles. The van der Waals surface area contributed by atoms with E-state index in [0.717, 1.165) is 5.56 Å². The number of Topliss-reactive ketones (excluding diaryl/α,β-unsaturated/α-hetero) is 1. The summed E-state index contributed by atoms with van der Waals surface area (Å²) >= 11 is 0. The lowest BCUT2D eigenvalue weighted by Crippen LogP contribution is -2.32. The predicted octanol–water partition coefficient (Wildman–Crippen LogP) is 3.21. The first kappa shape index (κ1) is 23.1. The van der Waals surface area contributed by atoms with E-state index in [1.165, 1.54) is 6.92 Å². The lowest BCUT2D eigenvalue weighted by Gasteiger charge is -2.21. The normalized spacial score (nSPS) is 12.0. The molecule has 0 unspecified atom stereocenters. The van der Waals surface area contributed by atoms with Gasteiger partial charge in [-0.3, -0.25) is 19.3 Å². The monoisotopic (exact) mass is 463 g/mol. The summed E-state index contributed by atoms with van der Waals surface area (Å²) in [5.74, 6) is 1.00. The summed E-state index contributed by atoms with van der Waals surface area (Å²) in [6.45, 7) is 2.39. The Bertz CT molecular complexity index is 1190. The van der Waals surface area contributed by atoms with Crippen molar-refractivity contribution >= 4 is 23.3 Å². The second kappa shape index (κ2) is 10.2. The molecule has 1 aromatic heterocycles. The third kappa shape index (κ3) is 5.44. The highest BCUT2D eigenvalue weighted by Gasteiger charge is 2.21. The van der Waals surface area contributed by atoms with Crippen LogP contribution >= 0.6 is 0 Å². The first-order valence-corrected chi connectivity index (χ1v) is 10.7. The first-order chi connectivity index (χ1) is 16.4. The van der Waals surface area contributed by atoms with Gasteiger partial charge in [0, 0.05) is 30.8 Å². The number of hydrogen-bond acceptors (Lipinski definition) is 7. The average Bonchev–Trinajstić information content (AvgIpc) is 3.50. The number of nitrogens with zero attached hydrogens (tertiary/aromatic N) is 1. The lowest BCUT2D eigenvalue weighted by molar-refractivity contribution is -0.117. The van der Waals surface area contributed by atoms with E-state index in [0.29, 0.717) is 47.2 Å². The maximum Gasteiger partial charge on any atom is 0.251 e. The molecule has 0 radical (unpaired) electrons. The van der Waals surface area contributed by atoms with Crippen molar-refractivity contribution in [1.82, 2.24) is 10.2 Å². The van der Waals surface area contributed by atoms with Gasteiger partial charge in [-0.2, -0.15) is 0 Å². The van der Waals surface area contributed by atoms with Crippen molar-refractivity contribution in [3.05, 3.63) is 77.2 Å². The van der Waals surface area contributed by atoms with Crippen molar-refractivity contribution in [2.45, 2.75) is 20.0 Å². The zero-order valence-electron chi connectivity index (χ0n) is 18.9. The molecule has 0 atom stereocenters. The number of fused-ring (bicyclic) bond motifs is 1. The highest BCUT2D eigenvalue weighted by Crippen LogP contribution is 2.37. The Morgan fingerprint density at radius 3 is 2.38 bits per heavy atom. The van der Waals surface area contributed by atoms with Crippen LogP contribution in [0.1, 0.15) is 39.0 Å². The molecule has 0 aliphatic carbocycles. The van der Waals surface area contributed by atoms with E-state index in [1.54, 1.807) is 43.6 Å². The number of furan rings is 1. The van der Waals surface area contributed by atoms with Crippen LogP contribution in [-0.4, -0.2) is 42.9 Å². The number of carbonyl (C=O) groups excluding carboxylic acids is 3. The zero-order chi connectivity index (χ0) is 24.1. The van der Waals surface area contributed by atoms with Crippen LogP contribution in [-0.2, 0) is 17.9 Å². The fourth-order valence-corrected chi connectivity index (χ4v) is 3.68. The number of rotatable bonds is 9. The number of carbonyl (C=O) groups is 3. The molecule has 2 amide bonds. The van der Waals surface area contributed by atoms with E-state index in [1.807, 2.05) is 23.1 Å². The fourth-order valence-electron chi connectivity index (χ4n) is 3.68. The van der Waals surface area contributed by atoms with Crippen molar-refractivity contribution in [3.63, 3.8) is 0 Å². The van der Waals surface area contributed by atoms with E-state index in [9.17, 15) is 14.4 Å². The molecule has 0 bridgehead atoms. The smallest absolute Gasteiger partial charge is 0.251 e. The molecule has 0 saturated carbocycles. The van der Waals surface area contributed by atoms with Crippen molar-refractivity contribution in [2.24, 2.45) is 0 Å². The molecule has 0 spiro atoms. The van der Waals surface area contributed by atoms with Crippen LogP contribution in [0.15, 0.2) is 59.2 Å². The van der Waals surface area contributed by atoms with Gasteiger partial charge in [-0.05, 0) is 42.8 Å². The number of anilines is 1. The third-order valence-corrected chi connectivity index (χ3v) is 5.34. The zero-order valence-corrected chi connectivity index (χ0v) is 18.9. The SMILES string of the molecule is CNC(=O)c1ccc(CN(CC(=O)Nc2cc3c(cc2C(C)=O)OCO3)Cc2ccco2)cc1. The Kier molecular flexibility index (Phi) is 6.93. The minimum Gasteiger partial charge on any atom is -0.468 e. The topological polar surface area (TPSA) is 110 Å². The summed E-state index contributed by atoms with van der Waals surface area (Å²) in [5.41, 5.74) is 2.20. The van der Waals surface area contributed by atoms with Crippen LogP contribution in [0.5, 0.6) is 11.5 Å². The first-order valence-electron chi connectivity index (χ1n) is 10.7. The van der Waals surface area contributed by atoms with E-state index < -0.39 is 0 Å². The molecule has 9 heteroatoms. The molecule has 2 heterocycles. The molecule has 3 aromatic rings. The van der Waals surface area contributed by atoms with E-state index in [2.05, 4.69) is 10.6 Å². The molecule has 34 heavy (non-hydrogen) atoms. The summed E-state index contributed by atoms with van der Waals surface area (Å²) in [5, 5.41) is 5.42. The molecule has 176 valence electrons. The highest BCUT2D eigenvalue weighted by molar-refractivity contribution is 6.05. The molecular formula is C25H25N3O6. The number of ether oxygens (including phenoxy) is 2. The number of nitrogens with one attached hydrogen (secondary N) is 2. The van der Waals surface area contributed by atoms with Crippen molar-refractivity contribution in [1.29, 1.82) is 0 Å². The van der Waals surface area contributed by atoms with Crippen molar-refractivity contribution < 1.29 is 28.3 Å². The maximum absolute atomic E-state index is 13.0. The number of ketones is 1. The van der Waals surface area contributed by atoms with E-state index >= 15 is 0 Å². The number of hydrogen-bond donors (Lipinski definition) is 2. The Morgan fingerprint density at radius 2 is 1.74 bits per heavy atom. The fraction of sp³-hybridized carbons (Fsp3) is 0.240.